The van der Waals surface area contributed by atoms with Crippen LogP contribution in [0, 0.1) is 0 Å². The Labute approximate surface area is 88.6 Å². The van der Waals surface area contributed by atoms with Crippen LogP contribution < -0.4 is 0 Å². The minimum atomic E-state index is 0. The topological polar surface area (TPSA) is 0 Å². The zero-order valence-corrected chi connectivity index (χ0v) is 9.77. The molecular weight excluding hydrogens is 183 g/mol. The second-order valence-corrected chi connectivity index (χ2v) is 6.55. The van der Waals surface area contributed by atoms with Crippen LogP contribution in [0.2, 0.25) is 9.56 Å². The van der Waals surface area contributed by atoms with Crippen LogP contribution in [-0.2, 0) is 0 Å². The van der Waals surface area contributed by atoms with Crippen molar-refractivity contribution < 1.29 is 0 Å². The Bertz CT molecular complexity index is 101. The molecule has 0 aliphatic heterocycles. The maximum Gasteiger partial charge on any atom is 0.210 e. The number of hydrogen-bond donors (Lipinski definition) is 0. The van der Waals surface area contributed by atoms with Crippen molar-refractivity contribution in [2.45, 2.75) is 60.9 Å². The monoisotopic (exact) mass is 201 g/mol. The van der Waals surface area contributed by atoms with Crippen LogP contribution in [0.25, 0.3) is 0 Å². The molecule has 0 aromatic carbocycles. The zero-order valence-electron chi connectivity index (χ0n) is 7.80. The average molecular weight is 202 g/mol. The predicted molar refractivity (Wildman–Crippen MR) is 57.4 cm³/mol. The fourth-order valence-electron chi connectivity index (χ4n) is 2.68. The normalized spacial score (nSPS) is 25.7. The van der Waals surface area contributed by atoms with E-state index in [1.807, 2.05) is 0 Å². The van der Waals surface area contributed by atoms with Gasteiger partial charge >= 0.3 is 0 Å². The minimum absolute atomic E-state index is 0. The summed E-state index contributed by atoms with van der Waals surface area (Å²) in [5, 5.41) is 0. The molecule has 0 atom stereocenters. The summed E-state index contributed by atoms with van der Waals surface area (Å²) in [5.74, 6) is 0. The van der Waals surface area contributed by atoms with Gasteiger partial charge in [-0.3, -0.25) is 0 Å². The molecule has 0 amide bonds. The molecule has 2 rings (SSSR count). The highest BCUT2D eigenvalue weighted by atomic mass is 35.5. The fourth-order valence-corrected chi connectivity index (χ4v) is 5.17. The molecule has 0 aromatic rings. The molecule has 0 aromatic heterocycles. The molecule has 2 heteroatoms. The standard InChI is InChI=1S/2C5H9.Al.ClH/c2*1-2-4-5-3-1;;/h2*1H,2-5H2;;1H. The van der Waals surface area contributed by atoms with Gasteiger partial charge in [0.25, 0.3) is 0 Å². The van der Waals surface area contributed by atoms with Crippen LogP contribution in [0.15, 0.2) is 0 Å². The van der Waals surface area contributed by atoms with Crippen molar-refractivity contribution in [2.24, 2.45) is 0 Å². The Kier molecular flexibility index (Phi) is 5.02. The van der Waals surface area contributed by atoms with E-state index in [9.17, 15) is 0 Å². The number of hydrogen-bond acceptors (Lipinski definition) is 0. The van der Waals surface area contributed by atoms with Gasteiger partial charge in [-0.2, -0.15) is 0 Å². The molecule has 0 spiro atoms. The molecular formula is C10H19AlCl. The second-order valence-electron chi connectivity index (χ2n) is 4.28. The van der Waals surface area contributed by atoms with Crippen LogP contribution >= 0.6 is 12.4 Å². The summed E-state index contributed by atoms with van der Waals surface area (Å²) >= 11 is 0.852. The van der Waals surface area contributed by atoms with Crippen LogP contribution in [0.1, 0.15) is 51.4 Å². The number of rotatable bonds is 2. The smallest absolute Gasteiger partial charge is 0.147 e. The van der Waals surface area contributed by atoms with Crippen molar-refractivity contribution in [2.75, 3.05) is 0 Å². The summed E-state index contributed by atoms with van der Waals surface area (Å²) in [6, 6.07) is 0. The first-order chi connectivity index (χ1) is 5.45. The van der Waals surface area contributed by atoms with E-state index in [4.69, 9.17) is 0 Å². The van der Waals surface area contributed by atoms with Crippen LogP contribution in [0.4, 0.5) is 0 Å². The van der Waals surface area contributed by atoms with E-state index in [1.54, 1.807) is 51.4 Å². The minimum Gasteiger partial charge on any atom is -0.147 e. The van der Waals surface area contributed by atoms with Gasteiger partial charge in [-0.25, -0.2) is 0 Å². The lowest BCUT2D eigenvalue weighted by molar-refractivity contribution is 0.796. The van der Waals surface area contributed by atoms with Gasteiger partial charge in [0.1, 0.15) is 0 Å². The molecule has 0 heterocycles. The first-order valence-electron chi connectivity index (χ1n) is 5.30. The summed E-state index contributed by atoms with van der Waals surface area (Å²) in [6.07, 6.45) is 12.5. The van der Waals surface area contributed by atoms with Crippen LogP contribution in [-0.4, -0.2) is 15.2 Å². The third kappa shape index (κ3) is 2.95. The van der Waals surface area contributed by atoms with Crippen LogP contribution in [0.3, 0.4) is 0 Å². The zero-order chi connectivity index (χ0) is 7.52. The molecule has 2 fully saturated rings. The Morgan fingerprint density at radius 1 is 0.667 bits per heavy atom. The van der Waals surface area contributed by atoms with Crippen molar-refractivity contribution >= 4 is 27.6 Å². The lowest BCUT2D eigenvalue weighted by Crippen LogP contribution is -2.05. The van der Waals surface area contributed by atoms with Crippen molar-refractivity contribution in [3.8, 4) is 0 Å². The summed E-state index contributed by atoms with van der Waals surface area (Å²) in [5.41, 5.74) is 0. The molecule has 0 bridgehead atoms. The summed E-state index contributed by atoms with van der Waals surface area (Å²) < 4.78 is 2.44. The van der Waals surface area contributed by atoms with E-state index < -0.39 is 0 Å². The maximum absolute atomic E-state index is 1.59. The highest BCUT2D eigenvalue weighted by molar-refractivity contribution is 6.39. The first-order valence-corrected chi connectivity index (χ1v) is 6.63. The highest BCUT2D eigenvalue weighted by Crippen LogP contribution is 2.37. The molecule has 69 valence electrons. The highest BCUT2D eigenvalue weighted by Gasteiger charge is 2.23. The van der Waals surface area contributed by atoms with Crippen LogP contribution in [0.5, 0.6) is 0 Å². The van der Waals surface area contributed by atoms with E-state index in [0.29, 0.717) is 0 Å². The van der Waals surface area contributed by atoms with Crippen molar-refractivity contribution in [1.29, 1.82) is 0 Å². The van der Waals surface area contributed by atoms with E-state index in [1.165, 1.54) is 9.56 Å². The first kappa shape index (κ1) is 10.9. The third-order valence-corrected chi connectivity index (χ3v) is 5.77. The van der Waals surface area contributed by atoms with Gasteiger partial charge in [-0.05, 0) is 0 Å². The molecule has 0 unspecified atom stereocenters. The Hall–Kier alpha value is 0.822. The second kappa shape index (κ2) is 5.53. The van der Waals surface area contributed by atoms with Gasteiger partial charge in [0.15, 0.2) is 0 Å². The van der Waals surface area contributed by atoms with Crippen molar-refractivity contribution in [3.05, 3.63) is 0 Å². The molecule has 2 aliphatic rings. The molecule has 0 saturated heterocycles. The van der Waals surface area contributed by atoms with E-state index in [-0.39, 0.29) is 12.4 Å². The van der Waals surface area contributed by atoms with E-state index >= 15 is 0 Å². The molecule has 0 N–H and O–H groups in total. The largest absolute Gasteiger partial charge is 0.210 e. The molecule has 2 saturated carbocycles. The van der Waals surface area contributed by atoms with Gasteiger partial charge in [0, 0.05) is 0 Å². The number of halogens is 1. The Morgan fingerprint density at radius 2 is 1.00 bits per heavy atom. The van der Waals surface area contributed by atoms with Gasteiger partial charge in [-0.1, -0.05) is 60.9 Å². The third-order valence-electron chi connectivity index (χ3n) is 3.34. The Balaban J connectivity index is 0.000000720. The summed E-state index contributed by atoms with van der Waals surface area (Å²) in [4.78, 5) is 0. The fraction of sp³-hybridized carbons (Fsp3) is 1.00. The van der Waals surface area contributed by atoms with Crippen molar-refractivity contribution in [1.82, 2.24) is 0 Å². The quantitative estimate of drug-likeness (QED) is 0.596. The van der Waals surface area contributed by atoms with Gasteiger partial charge in [0.05, 0.1) is 0 Å². The predicted octanol–water partition coefficient (Wildman–Crippen LogP) is 3.84. The van der Waals surface area contributed by atoms with E-state index in [2.05, 4.69) is 0 Å². The lowest BCUT2D eigenvalue weighted by atomic mass is 10.3. The van der Waals surface area contributed by atoms with Crippen molar-refractivity contribution in [3.63, 3.8) is 0 Å². The molecule has 12 heavy (non-hydrogen) atoms. The molecule has 1 radical (unpaired) electrons. The van der Waals surface area contributed by atoms with Gasteiger partial charge in [0.2, 0.25) is 15.2 Å². The SMILES string of the molecule is C1CC[CH]([Al][CH]2CCCC2)C1.Cl. The molecule has 0 nitrogen and oxygen atoms in total. The van der Waals surface area contributed by atoms with Gasteiger partial charge < -0.3 is 0 Å². The maximum atomic E-state index is 1.59. The van der Waals surface area contributed by atoms with E-state index in [0.717, 1.165) is 15.2 Å². The summed E-state index contributed by atoms with van der Waals surface area (Å²) in [7, 11) is 0. The average Bonchev–Trinajstić information content (AvgIpc) is 2.60. The lowest BCUT2D eigenvalue weighted by Gasteiger charge is -2.11. The Morgan fingerprint density at radius 3 is 1.33 bits per heavy atom. The summed E-state index contributed by atoms with van der Waals surface area (Å²) in [6.45, 7) is 0. The molecule has 2 aliphatic carbocycles. The van der Waals surface area contributed by atoms with Gasteiger partial charge in [-0.15, -0.1) is 12.4 Å².